The third-order valence-electron chi connectivity index (χ3n) is 3.35. The molecule has 2 N–H and O–H groups in total. The number of Topliss-reactive ketones (excluding diaryl/α,β-unsaturated/α-hetero) is 1. The summed E-state index contributed by atoms with van der Waals surface area (Å²) >= 11 is 0. The van der Waals surface area contributed by atoms with Crippen LogP contribution in [0.2, 0.25) is 0 Å². The first-order chi connectivity index (χ1) is 8.87. The van der Waals surface area contributed by atoms with Crippen molar-refractivity contribution in [2.24, 2.45) is 11.1 Å². The second-order valence-corrected chi connectivity index (χ2v) is 5.27. The van der Waals surface area contributed by atoms with Crippen molar-refractivity contribution < 1.29 is 14.3 Å². The zero-order chi connectivity index (χ0) is 14.6. The summed E-state index contributed by atoms with van der Waals surface area (Å²) in [7, 11) is 3.15. The van der Waals surface area contributed by atoms with Crippen LogP contribution in [0.4, 0.5) is 0 Å². The molecule has 106 valence electrons. The van der Waals surface area contributed by atoms with Crippen LogP contribution in [0.25, 0.3) is 0 Å². The molecular formula is C15H23NO3. The summed E-state index contributed by atoms with van der Waals surface area (Å²) < 4.78 is 10.6. The van der Waals surface area contributed by atoms with E-state index in [-0.39, 0.29) is 5.78 Å². The number of methoxy groups -OCH3 is 2. The Morgan fingerprint density at radius 1 is 1.21 bits per heavy atom. The van der Waals surface area contributed by atoms with Crippen molar-refractivity contribution in [1.29, 1.82) is 0 Å². The fraction of sp³-hybridized carbons (Fsp3) is 0.533. The summed E-state index contributed by atoms with van der Waals surface area (Å²) in [6.07, 6.45) is 0.630. The minimum Gasteiger partial charge on any atom is -0.496 e. The predicted octanol–water partition coefficient (Wildman–Crippen LogP) is 2.57. The average Bonchev–Trinajstić information content (AvgIpc) is 2.37. The Bertz CT molecular complexity index is 467. The predicted molar refractivity (Wildman–Crippen MR) is 76.1 cm³/mol. The second-order valence-electron chi connectivity index (χ2n) is 5.27. The van der Waals surface area contributed by atoms with E-state index in [2.05, 4.69) is 0 Å². The second kappa shape index (κ2) is 6.06. The first-order valence-electron chi connectivity index (χ1n) is 6.35. The van der Waals surface area contributed by atoms with Crippen LogP contribution in [0.3, 0.4) is 0 Å². The maximum Gasteiger partial charge on any atom is 0.172 e. The van der Waals surface area contributed by atoms with Crippen molar-refractivity contribution in [3.8, 4) is 11.5 Å². The van der Waals surface area contributed by atoms with Crippen LogP contribution >= 0.6 is 0 Å². The van der Waals surface area contributed by atoms with Gasteiger partial charge in [-0.05, 0) is 37.6 Å². The molecule has 1 rings (SSSR count). The zero-order valence-corrected chi connectivity index (χ0v) is 12.4. The molecule has 0 saturated carbocycles. The van der Waals surface area contributed by atoms with Crippen molar-refractivity contribution in [2.75, 3.05) is 20.8 Å². The molecule has 0 radical (unpaired) electrons. The maximum atomic E-state index is 12.6. The third-order valence-corrected chi connectivity index (χ3v) is 3.35. The van der Waals surface area contributed by atoms with E-state index < -0.39 is 5.41 Å². The summed E-state index contributed by atoms with van der Waals surface area (Å²) in [6.45, 7) is 6.19. The molecule has 0 aliphatic carbocycles. The number of hydrogen-bond donors (Lipinski definition) is 1. The first-order valence-corrected chi connectivity index (χ1v) is 6.35. The van der Waals surface area contributed by atoms with E-state index in [1.54, 1.807) is 20.3 Å². The number of aryl methyl sites for hydroxylation is 1. The lowest BCUT2D eigenvalue weighted by molar-refractivity contribution is 0.0826. The van der Waals surface area contributed by atoms with Gasteiger partial charge in [-0.25, -0.2) is 0 Å². The summed E-state index contributed by atoms with van der Waals surface area (Å²) in [4.78, 5) is 12.6. The van der Waals surface area contributed by atoms with Crippen LogP contribution in [0.5, 0.6) is 11.5 Å². The quantitative estimate of drug-likeness (QED) is 0.803. The molecule has 0 saturated heterocycles. The highest BCUT2D eigenvalue weighted by Gasteiger charge is 2.30. The van der Waals surface area contributed by atoms with Crippen molar-refractivity contribution in [2.45, 2.75) is 27.2 Å². The van der Waals surface area contributed by atoms with Gasteiger partial charge in [0.2, 0.25) is 0 Å². The summed E-state index contributed by atoms with van der Waals surface area (Å²) in [5, 5.41) is 0. The monoisotopic (exact) mass is 265 g/mol. The van der Waals surface area contributed by atoms with Gasteiger partial charge in [0.25, 0.3) is 0 Å². The molecule has 19 heavy (non-hydrogen) atoms. The van der Waals surface area contributed by atoms with Gasteiger partial charge in [0.1, 0.15) is 11.5 Å². The van der Waals surface area contributed by atoms with E-state index in [0.717, 1.165) is 5.56 Å². The van der Waals surface area contributed by atoms with Gasteiger partial charge in [-0.2, -0.15) is 0 Å². The Morgan fingerprint density at radius 2 is 1.79 bits per heavy atom. The number of rotatable bonds is 6. The Morgan fingerprint density at radius 3 is 2.26 bits per heavy atom. The molecule has 0 aromatic heterocycles. The molecule has 0 heterocycles. The highest BCUT2D eigenvalue weighted by Crippen LogP contribution is 2.34. The van der Waals surface area contributed by atoms with Gasteiger partial charge in [0.05, 0.1) is 19.8 Å². The molecule has 0 fully saturated rings. The van der Waals surface area contributed by atoms with E-state index in [4.69, 9.17) is 15.2 Å². The summed E-state index contributed by atoms with van der Waals surface area (Å²) in [6, 6.07) is 3.57. The van der Waals surface area contributed by atoms with Gasteiger partial charge < -0.3 is 15.2 Å². The van der Waals surface area contributed by atoms with Gasteiger partial charge in [0.15, 0.2) is 5.78 Å². The van der Waals surface area contributed by atoms with Gasteiger partial charge in [0, 0.05) is 5.41 Å². The van der Waals surface area contributed by atoms with Crippen molar-refractivity contribution in [3.05, 3.63) is 23.3 Å². The van der Waals surface area contributed by atoms with Gasteiger partial charge >= 0.3 is 0 Å². The van der Waals surface area contributed by atoms with E-state index >= 15 is 0 Å². The number of carbonyl (C=O) groups is 1. The Hall–Kier alpha value is -1.55. The van der Waals surface area contributed by atoms with Crippen molar-refractivity contribution in [1.82, 2.24) is 0 Å². The van der Waals surface area contributed by atoms with Crippen LogP contribution in [0.1, 0.15) is 36.2 Å². The molecule has 0 unspecified atom stereocenters. The number of hydrogen-bond acceptors (Lipinski definition) is 4. The minimum absolute atomic E-state index is 0.0214. The number of ketones is 1. The molecule has 1 aromatic rings. The minimum atomic E-state index is -0.512. The molecule has 0 aliphatic heterocycles. The molecule has 0 spiro atoms. The van der Waals surface area contributed by atoms with Crippen LogP contribution < -0.4 is 15.2 Å². The third kappa shape index (κ3) is 3.26. The molecule has 0 aliphatic rings. The number of carbonyl (C=O) groups excluding carboxylic acids is 1. The van der Waals surface area contributed by atoms with E-state index in [0.29, 0.717) is 30.0 Å². The fourth-order valence-electron chi connectivity index (χ4n) is 2.07. The standard InChI is InChI=1S/C15H23NO3/c1-10-8-13(19-5)11(9-12(10)18-4)14(17)15(2,3)6-7-16/h8-9H,6-7,16H2,1-5H3. The Balaban J connectivity index is 3.28. The van der Waals surface area contributed by atoms with E-state index in [1.165, 1.54) is 0 Å². The summed E-state index contributed by atoms with van der Waals surface area (Å²) in [5.41, 5.74) is 6.54. The molecule has 4 nitrogen and oxygen atoms in total. The van der Waals surface area contributed by atoms with Crippen LogP contribution in [-0.4, -0.2) is 26.5 Å². The van der Waals surface area contributed by atoms with Gasteiger partial charge in [-0.15, -0.1) is 0 Å². The molecule has 0 bridgehead atoms. The Kier molecular flexibility index (Phi) is 4.95. The lowest BCUT2D eigenvalue weighted by Crippen LogP contribution is -2.27. The zero-order valence-electron chi connectivity index (χ0n) is 12.4. The smallest absolute Gasteiger partial charge is 0.172 e. The first kappa shape index (κ1) is 15.5. The Labute approximate surface area is 114 Å². The summed E-state index contributed by atoms with van der Waals surface area (Å²) in [5.74, 6) is 1.29. The molecule has 1 aromatic carbocycles. The molecule has 0 atom stereocenters. The van der Waals surface area contributed by atoms with Crippen molar-refractivity contribution in [3.63, 3.8) is 0 Å². The largest absolute Gasteiger partial charge is 0.496 e. The highest BCUT2D eigenvalue weighted by atomic mass is 16.5. The SMILES string of the molecule is COc1cc(C(=O)C(C)(C)CCN)c(OC)cc1C. The molecular weight excluding hydrogens is 242 g/mol. The maximum absolute atomic E-state index is 12.6. The topological polar surface area (TPSA) is 61.5 Å². The molecule has 0 amide bonds. The number of nitrogens with two attached hydrogens (primary N) is 1. The van der Waals surface area contributed by atoms with Gasteiger partial charge in [-0.3, -0.25) is 4.79 Å². The van der Waals surface area contributed by atoms with E-state index in [9.17, 15) is 4.79 Å². The number of ether oxygens (including phenoxy) is 2. The van der Waals surface area contributed by atoms with E-state index in [1.807, 2.05) is 26.8 Å². The molecule has 4 heteroatoms. The normalized spacial score (nSPS) is 11.3. The highest BCUT2D eigenvalue weighted by molar-refractivity contribution is 6.02. The lowest BCUT2D eigenvalue weighted by Gasteiger charge is -2.24. The van der Waals surface area contributed by atoms with Crippen LogP contribution in [0, 0.1) is 12.3 Å². The van der Waals surface area contributed by atoms with Crippen LogP contribution in [-0.2, 0) is 0 Å². The fourth-order valence-corrected chi connectivity index (χ4v) is 2.07. The lowest BCUT2D eigenvalue weighted by atomic mass is 9.81. The van der Waals surface area contributed by atoms with Crippen molar-refractivity contribution >= 4 is 5.78 Å². The van der Waals surface area contributed by atoms with Crippen LogP contribution in [0.15, 0.2) is 12.1 Å². The average molecular weight is 265 g/mol. The van der Waals surface area contributed by atoms with Gasteiger partial charge in [-0.1, -0.05) is 13.8 Å². The number of benzene rings is 1.